The van der Waals surface area contributed by atoms with Crippen LogP contribution in [0.5, 0.6) is 0 Å². The quantitative estimate of drug-likeness (QED) is 0.776. The Labute approximate surface area is 131 Å². The van der Waals surface area contributed by atoms with Gasteiger partial charge in [-0.25, -0.2) is 9.97 Å². The minimum Gasteiger partial charge on any atom is -0.456 e. The molecule has 3 rings (SSSR count). The highest BCUT2D eigenvalue weighted by Gasteiger charge is 2.37. The fourth-order valence-corrected chi connectivity index (χ4v) is 3.67. The van der Waals surface area contributed by atoms with Gasteiger partial charge in [-0.3, -0.25) is 4.79 Å². The van der Waals surface area contributed by atoms with Gasteiger partial charge in [0.1, 0.15) is 18.2 Å². The summed E-state index contributed by atoms with van der Waals surface area (Å²) in [6.45, 7) is 8.87. The second kappa shape index (κ2) is 5.83. The number of fused-ring (bicyclic) bond motifs is 1. The van der Waals surface area contributed by atoms with Crippen LogP contribution in [0.2, 0.25) is 0 Å². The summed E-state index contributed by atoms with van der Waals surface area (Å²) >= 11 is 0. The third-order valence-corrected chi connectivity index (χ3v) is 4.67. The Hall–Kier alpha value is -1.69. The van der Waals surface area contributed by atoms with Crippen LogP contribution in [0.4, 0.5) is 5.82 Å². The smallest absolute Gasteiger partial charge is 0.303 e. The zero-order valence-corrected chi connectivity index (χ0v) is 13.7. The van der Waals surface area contributed by atoms with E-state index in [4.69, 9.17) is 4.74 Å². The Morgan fingerprint density at radius 2 is 2.09 bits per heavy atom. The lowest BCUT2D eigenvalue weighted by molar-refractivity contribution is -0.146. The van der Waals surface area contributed by atoms with Gasteiger partial charge in [0, 0.05) is 38.2 Å². The van der Waals surface area contributed by atoms with E-state index in [-0.39, 0.29) is 12.1 Å². The van der Waals surface area contributed by atoms with Gasteiger partial charge in [-0.2, -0.15) is 0 Å². The first-order chi connectivity index (χ1) is 10.5. The van der Waals surface area contributed by atoms with Gasteiger partial charge in [0.2, 0.25) is 0 Å². The first-order valence-corrected chi connectivity index (χ1v) is 7.94. The summed E-state index contributed by atoms with van der Waals surface area (Å²) < 4.78 is 5.44. The Bertz CT molecular complexity index is 577. The molecule has 1 aromatic rings. The Morgan fingerprint density at radius 3 is 2.77 bits per heavy atom. The molecule has 1 fully saturated rings. The average molecular weight is 304 g/mol. The highest BCUT2D eigenvalue weighted by atomic mass is 16.5. The lowest BCUT2D eigenvalue weighted by Crippen LogP contribution is -2.51. The number of carbonyl (C=O) groups is 1. The molecule has 1 aliphatic heterocycles. The molecule has 6 heteroatoms. The summed E-state index contributed by atoms with van der Waals surface area (Å²) in [5, 5.41) is 0. The number of likely N-dealkylation sites (N-methyl/N-ethyl adjacent to an activating group) is 1. The van der Waals surface area contributed by atoms with Gasteiger partial charge < -0.3 is 14.5 Å². The van der Waals surface area contributed by atoms with Gasteiger partial charge in [-0.15, -0.1) is 0 Å². The minimum atomic E-state index is -0.252. The lowest BCUT2D eigenvalue weighted by Gasteiger charge is -2.40. The molecule has 0 amide bonds. The molecule has 0 spiro atoms. The molecule has 2 heterocycles. The minimum absolute atomic E-state index is 0.230. The van der Waals surface area contributed by atoms with Crippen molar-refractivity contribution in [1.82, 2.24) is 14.9 Å². The van der Waals surface area contributed by atoms with Crippen LogP contribution in [0.1, 0.15) is 50.5 Å². The third-order valence-electron chi connectivity index (χ3n) is 4.67. The number of esters is 1. The Morgan fingerprint density at radius 1 is 1.32 bits per heavy atom. The summed E-state index contributed by atoms with van der Waals surface area (Å²) in [4.78, 5) is 25.0. The molecule has 1 aromatic heterocycles. The van der Waals surface area contributed by atoms with Crippen molar-refractivity contribution in [1.29, 1.82) is 0 Å². The number of aromatic nitrogens is 2. The molecule has 0 aromatic carbocycles. The first-order valence-electron chi connectivity index (χ1n) is 7.94. The van der Waals surface area contributed by atoms with Crippen molar-refractivity contribution in [3.8, 4) is 0 Å². The normalized spacial score (nSPS) is 28.5. The molecular formula is C16H24N4O2. The molecule has 3 atom stereocenters. The summed E-state index contributed by atoms with van der Waals surface area (Å²) in [6, 6.07) is 0.415. The number of hydrogen-bond acceptors (Lipinski definition) is 6. The number of nitrogens with zero attached hydrogens (tertiary/aromatic N) is 4. The van der Waals surface area contributed by atoms with Crippen molar-refractivity contribution < 1.29 is 9.53 Å². The fourth-order valence-electron chi connectivity index (χ4n) is 3.67. The van der Waals surface area contributed by atoms with Gasteiger partial charge in [-0.05, 0) is 26.3 Å². The topological polar surface area (TPSA) is 58.6 Å². The van der Waals surface area contributed by atoms with Crippen LogP contribution in [0.15, 0.2) is 6.33 Å². The summed E-state index contributed by atoms with van der Waals surface area (Å²) in [6.07, 6.45) is 2.17. The Balaban J connectivity index is 1.94. The maximum absolute atomic E-state index is 11.3. The van der Waals surface area contributed by atoms with Gasteiger partial charge >= 0.3 is 5.97 Å². The van der Waals surface area contributed by atoms with Crippen molar-refractivity contribution in [2.45, 2.75) is 45.3 Å². The number of carbonyl (C=O) groups excluding carboxylic acids is 1. The van der Waals surface area contributed by atoms with Gasteiger partial charge in [0.25, 0.3) is 0 Å². The van der Waals surface area contributed by atoms with Crippen LogP contribution >= 0.6 is 0 Å². The van der Waals surface area contributed by atoms with E-state index >= 15 is 0 Å². The van der Waals surface area contributed by atoms with Crippen molar-refractivity contribution in [2.24, 2.45) is 0 Å². The molecular weight excluding hydrogens is 280 g/mol. The van der Waals surface area contributed by atoms with Crippen molar-refractivity contribution in [3.63, 3.8) is 0 Å². The molecule has 1 saturated heterocycles. The average Bonchev–Trinajstić information content (AvgIpc) is 2.75. The third kappa shape index (κ3) is 2.67. The number of rotatable bonds is 2. The van der Waals surface area contributed by atoms with Gasteiger partial charge in [-0.1, -0.05) is 6.92 Å². The van der Waals surface area contributed by atoms with E-state index < -0.39 is 0 Å². The van der Waals surface area contributed by atoms with Crippen LogP contribution in [-0.4, -0.2) is 53.6 Å². The van der Waals surface area contributed by atoms with Crippen LogP contribution in [0, 0.1) is 0 Å². The summed E-state index contributed by atoms with van der Waals surface area (Å²) in [7, 11) is 2.15. The molecule has 22 heavy (non-hydrogen) atoms. The van der Waals surface area contributed by atoms with Crippen molar-refractivity contribution >= 4 is 11.8 Å². The number of hydrogen-bond donors (Lipinski definition) is 0. The SMILES string of the molecule is CC(=O)OC1C[C@@H](C)c2c1ncnc2N1CCN(C)C[C@@H]1C. The molecule has 2 aliphatic rings. The number of anilines is 1. The van der Waals surface area contributed by atoms with Crippen LogP contribution in [-0.2, 0) is 9.53 Å². The molecule has 0 N–H and O–H groups in total. The number of ether oxygens (including phenoxy) is 1. The van der Waals surface area contributed by atoms with Gasteiger partial charge in [0.15, 0.2) is 0 Å². The van der Waals surface area contributed by atoms with E-state index in [1.54, 1.807) is 6.33 Å². The highest BCUT2D eigenvalue weighted by Crippen LogP contribution is 2.45. The van der Waals surface area contributed by atoms with Crippen LogP contribution < -0.4 is 4.90 Å². The van der Waals surface area contributed by atoms with Crippen LogP contribution in [0.25, 0.3) is 0 Å². The zero-order chi connectivity index (χ0) is 15.9. The molecule has 1 unspecified atom stereocenters. The van der Waals surface area contributed by atoms with E-state index in [0.717, 1.165) is 43.1 Å². The predicted octanol–water partition coefficient (Wildman–Crippen LogP) is 1.73. The van der Waals surface area contributed by atoms with E-state index in [0.29, 0.717) is 12.0 Å². The van der Waals surface area contributed by atoms with E-state index in [1.165, 1.54) is 6.92 Å². The monoisotopic (exact) mass is 304 g/mol. The van der Waals surface area contributed by atoms with Gasteiger partial charge in [0.05, 0.1) is 5.69 Å². The summed E-state index contributed by atoms with van der Waals surface area (Å²) in [5.41, 5.74) is 2.05. The molecule has 6 nitrogen and oxygen atoms in total. The first kappa shape index (κ1) is 15.2. The second-order valence-electron chi connectivity index (χ2n) is 6.54. The maximum Gasteiger partial charge on any atom is 0.303 e. The second-order valence-corrected chi connectivity index (χ2v) is 6.54. The van der Waals surface area contributed by atoms with E-state index in [1.807, 2.05) is 0 Å². The fraction of sp³-hybridized carbons (Fsp3) is 0.688. The molecule has 120 valence electrons. The maximum atomic E-state index is 11.3. The lowest BCUT2D eigenvalue weighted by atomic mass is 10.0. The molecule has 0 bridgehead atoms. The van der Waals surface area contributed by atoms with E-state index in [9.17, 15) is 4.79 Å². The molecule has 0 radical (unpaired) electrons. The van der Waals surface area contributed by atoms with Crippen molar-refractivity contribution in [3.05, 3.63) is 17.6 Å². The molecule has 1 aliphatic carbocycles. The highest BCUT2D eigenvalue weighted by molar-refractivity contribution is 5.67. The molecule has 0 saturated carbocycles. The zero-order valence-electron chi connectivity index (χ0n) is 13.7. The van der Waals surface area contributed by atoms with Crippen molar-refractivity contribution in [2.75, 3.05) is 31.6 Å². The summed E-state index contributed by atoms with van der Waals surface area (Å²) in [5.74, 6) is 1.08. The number of piperazine rings is 1. The largest absolute Gasteiger partial charge is 0.456 e. The van der Waals surface area contributed by atoms with Crippen LogP contribution in [0.3, 0.4) is 0 Å². The standard InChI is InChI=1S/C16H24N4O2/c1-10-7-13(22-12(3)21)15-14(10)16(18-9-17-15)20-6-5-19(4)8-11(20)2/h9-11,13H,5-8H2,1-4H3/t10-,11+,13?/m1/s1. The predicted molar refractivity (Wildman–Crippen MR) is 83.9 cm³/mol. The van der Waals surface area contributed by atoms with E-state index in [2.05, 4.69) is 40.7 Å². The Kier molecular flexibility index (Phi) is 4.04.